The van der Waals surface area contributed by atoms with Crippen molar-refractivity contribution in [3.63, 3.8) is 0 Å². The first-order valence-corrected chi connectivity index (χ1v) is 7.88. The topological polar surface area (TPSA) is 33.2 Å². The van der Waals surface area contributed by atoms with E-state index >= 15 is 0 Å². The lowest BCUT2D eigenvalue weighted by Gasteiger charge is -2.19. The Morgan fingerprint density at radius 1 is 1.05 bits per heavy atom. The standard InChI is InChI=1S/C16H17BrN2O/c17-14-6-5-12-11-18-15(10-13(12)9-14)16(20)19-7-3-1-2-4-8-19/h5-6,9-11H,1-4,7-8H2. The van der Waals surface area contributed by atoms with Crippen LogP contribution in [0, 0.1) is 0 Å². The van der Waals surface area contributed by atoms with Crippen LogP contribution >= 0.6 is 15.9 Å². The summed E-state index contributed by atoms with van der Waals surface area (Å²) in [6.07, 6.45) is 6.44. The quantitative estimate of drug-likeness (QED) is 0.790. The van der Waals surface area contributed by atoms with Crippen molar-refractivity contribution in [1.82, 2.24) is 9.88 Å². The van der Waals surface area contributed by atoms with Crippen LogP contribution in [0.4, 0.5) is 0 Å². The van der Waals surface area contributed by atoms with Crippen LogP contribution < -0.4 is 0 Å². The van der Waals surface area contributed by atoms with E-state index in [4.69, 9.17) is 0 Å². The molecule has 0 saturated carbocycles. The first-order valence-electron chi connectivity index (χ1n) is 7.09. The van der Waals surface area contributed by atoms with Gasteiger partial charge in [-0.2, -0.15) is 0 Å². The molecule has 0 spiro atoms. The normalized spacial score (nSPS) is 16.1. The summed E-state index contributed by atoms with van der Waals surface area (Å²) < 4.78 is 1.02. The van der Waals surface area contributed by atoms with Gasteiger partial charge in [-0.1, -0.05) is 34.8 Å². The number of benzene rings is 1. The number of carbonyl (C=O) groups is 1. The molecule has 0 bridgehead atoms. The average molecular weight is 333 g/mol. The predicted molar refractivity (Wildman–Crippen MR) is 83.8 cm³/mol. The second-order valence-corrected chi connectivity index (χ2v) is 6.18. The zero-order valence-corrected chi connectivity index (χ0v) is 12.9. The van der Waals surface area contributed by atoms with E-state index in [0.29, 0.717) is 5.69 Å². The SMILES string of the molecule is O=C(c1cc2cc(Br)ccc2cn1)N1CCCCCC1. The molecule has 1 amide bonds. The summed E-state index contributed by atoms with van der Waals surface area (Å²) in [5, 5.41) is 2.10. The van der Waals surface area contributed by atoms with Gasteiger partial charge in [0.15, 0.2) is 0 Å². The van der Waals surface area contributed by atoms with Gasteiger partial charge < -0.3 is 4.90 Å². The Bertz CT molecular complexity index is 633. The van der Waals surface area contributed by atoms with Gasteiger partial charge in [-0.05, 0) is 36.4 Å². The third-order valence-corrected chi connectivity index (χ3v) is 4.29. The molecule has 1 saturated heterocycles. The van der Waals surface area contributed by atoms with E-state index in [1.165, 1.54) is 12.8 Å². The van der Waals surface area contributed by atoms with Gasteiger partial charge in [0.25, 0.3) is 5.91 Å². The molecule has 1 aromatic heterocycles. The van der Waals surface area contributed by atoms with Crippen LogP contribution in [0.5, 0.6) is 0 Å². The van der Waals surface area contributed by atoms with Crippen molar-refractivity contribution in [2.45, 2.75) is 25.7 Å². The summed E-state index contributed by atoms with van der Waals surface area (Å²) in [5.41, 5.74) is 0.553. The number of halogens is 1. The number of carbonyl (C=O) groups excluding carboxylic acids is 1. The summed E-state index contributed by atoms with van der Waals surface area (Å²) in [6.45, 7) is 1.72. The molecule has 2 heterocycles. The zero-order valence-electron chi connectivity index (χ0n) is 11.3. The van der Waals surface area contributed by atoms with E-state index in [1.54, 1.807) is 6.20 Å². The Morgan fingerprint density at radius 2 is 1.80 bits per heavy atom. The van der Waals surface area contributed by atoms with Crippen LogP contribution in [0.1, 0.15) is 36.2 Å². The van der Waals surface area contributed by atoms with E-state index < -0.39 is 0 Å². The maximum Gasteiger partial charge on any atom is 0.272 e. The Kier molecular flexibility index (Phi) is 4.01. The Morgan fingerprint density at radius 3 is 2.55 bits per heavy atom. The van der Waals surface area contributed by atoms with Gasteiger partial charge in [-0.15, -0.1) is 0 Å². The van der Waals surface area contributed by atoms with Crippen molar-refractivity contribution in [2.24, 2.45) is 0 Å². The first-order chi connectivity index (χ1) is 9.74. The number of hydrogen-bond acceptors (Lipinski definition) is 2. The molecule has 1 aliphatic heterocycles. The van der Waals surface area contributed by atoms with Gasteiger partial charge >= 0.3 is 0 Å². The van der Waals surface area contributed by atoms with Crippen LogP contribution in [0.25, 0.3) is 10.8 Å². The van der Waals surface area contributed by atoms with Crippen molar-refractivity contribution in [1.29, 1.82) is 0 Å². The molecule has 3 nitrogen and oxygen atoms in total. The fourth-order valence-corrected chi connectivity index (χ4v) is 3.04. The highest BCUT2D eigenvalue weighted by Gasteiger charge is 2.18. The predicted octanol–water partition coefficient (Wildman–Crippen LogP) is 4.01. The fourth-order valence-electron chi connectivity index (χ4n) is 2.66. The molecule has 4 heteroatoms. The van der Waals surface area contributed by atoms with Crippen molar-refractivity contribution < 1.29 is 4.79 Å². The Labute approximate surface area is 127 Å². The molecule has 1 fully saturated rings. The highest BCUT2D eigenvalue weighted by Crippen LogP contribution is 2.21. The van der Waals surface area contributed by atoms with Crippen molar-refractivity contribution in [2.75, 3.05) is 13.1 Å². The van der Waals surface area contributed by atoms with Gasteiger partial charge in [-0.3, -0.25) is 9.78 Å². The van der Waals surface area contributed by atoms with Gasteiger partial charge in [0.1, 0.15) is 5.69 Å². The number of pyridine rings is 1. The molecular weight excluding hydrogens is 316 g/mol. The second-order valence-electron chi connectivity index (χ2n) is 5.27. The number of fused-ring (bicyclic) bond motifs is 1. The molecule has 104 valence electrons. The molecule has 20 heavy (non-hydrogen) atoms. The largest absolute Gasteiger partial charge is 0.337 e. The van der Waals surface area contributed by atoms with E-state index in [0.717, 1.165) is 41.2 Å². The van der Waals surface area contributed by atoms with E-state index in [9.17, 15) is 4.79 Å². The second kappa shape index (κ2) is 5.92. The summed E-state index contributed by atoms with van der Waals surface area (Å²) in [7, 11) is 0. The van der Waals surface area contributed by atoms with Crippen molar-refractivity contribution >= 4 is 32.6 Å². The number of hydrogen-bond donors (Lipinski definition) is 0. The van der Waals surface area contributed by atoms with E-state index in [2.05, 4.69) is 20.9 Å². The molecule has 1 aromatic carbocycles. The molecule has 0 radical (unpaired) electrons. The van der Waals surface area contributed by atoms with Crippen LogP contribution in [-0.2, 0) is 0 Å². The van der Waals surface area contributed by atoms with Gasteiger partial charge in [0.2, 0.25) is 0 Å². The molecule has 0 aliphatic carbocycles. The smallest absolute Gasteiger partial charge is 0.272 e. The Hall–Kier alpha value is -1.42. The third-order valence-electron chi connectivity index (χ3n) is 3.80. The van der Waals surface area contributed by atoms with Crippen molar-refractivity contribution in [3.8, 4) is 0 Å². The molecule has 0 unspecified atom stereocenters. The number of likely N-dealkylation sites (tertiary alicyclic amines) is 1. The monoisotopic (exact) mass is 332 g/mol. The van der Waals surface area contributed by atoms with Crippen LogP contribution in [0.3, 0.4) is 0 Å². The third kappa shape index (κ3) is 2.85. The lowest BCUT2D eigenvalue weighted by atomic mass is 10.1. The summed E-state index contributed by atoms with van der Waals surface area (Å²) in [5.74, 6) is 0.0637. The summed E-state index contributed by atoms with van der Waals surface area (Å²) in [6, 6.07) is 7.91. The number of nitrogens with zero attached hydrogens (tertiary/aromatic N) is 2. The molecule has 0 atom stereocenters. The van der Waals surface area contributed by atoms with Crippen LogP contribution in [-0.4, -0.2) is 28.9 Å². The number of aromatic nitrogens is 1. The lowest BCUT2D eigenvalue weighted by Crippen LogP contribution is -2.32. The van der Waals surface area contributed by atoms with Gasteiger partial charge in [0.05, 0.1) is 0 Å². The molecule has 2 aromatic rings. The van der Waals surface area contributed by atoms with Crippen molar-refractivity contribution in [3.05, 3.63) is 40.6 Å². The van der Waals surface area contributed by atoms with Crippen LogP contribution in [0.2, 0.25) is 0 Å². The molecule has 1 aliphatic rings. The van der Waals surface area contributed by atoms with Crippen LogP contribution in [0.15, 0.2) is 34.9 Å². The molecular formula is C16H17BrN2O. The first kappa shape index (κ1) is 13.6. The maximum absolute atomic E-state index is 12.5. The number of amides is 1. The van der Waals surface area contributed by atoms with Gasteiger partial charge in [-0.25, -0.2) is 0 Å². The molecule has 3 rings (SSSR count). The maximum atomic E-state index is 12.5. The summed E-state index contributed by atoms with van der Waals surface area (Å²) in [4.78, 5) is 18.8. The number of rotatable bonds is 1. The highest BCUT2D eigenvalue weighted by molar-refractivity contribution is 9.10. The highest BCUT2D eigenvalue weighted by atomic mass is 79.9. The average Bonchev–Trinajstić information content (AvgIpc) is 2.74. The zero-order chi connectivity index (χ0) is 13.9. The summed E-state index contributed by atoms with van der Waals surface area (Å²) >= 11 is 3.47. The lowest BCUT2D eigenvalue weighted by molar-refractivity contribution is 0.0756. The minimum atomic E-state index is 0.0637. The minimum Gasteiger partial charge on any atom is -0.337 e. The minimum absolute atomic E-state index is 0.0637. The van der Waals surface area contributed by atoms with E-state index in [1.807, 2.05) is 29.2 Å². The Balaban J connectivity index is 1.90. The fraction of sp³-hybridized carbons (Fsp3) is 0.375. The van der Waals surface area contributed by atoms with Gasteiger partial charge in [0, 0.05) is 29.1 Å². The molecule has 0 N–H and O–H groups in total. The van der Waals surface area contributed by atoms with E-state index in [-0.39, 0.29) is 5.91 Å².